The normalized spacial score (nSPS) is 25.2. The fourth-order valence-corrected chi connectivity index (χ4v) is 4.55. The SMILES string of the molecule is O=C(NC[C@@H]1CN(CC2CCCC2)Cc2ccnn21)N1CCCC1. The van der Waals surface area contributed by atoms with Crippen molar-refractivity contribution < 1.29 is 4.79 Å². The number of hydrogen-bond acceptors (Lipinski definition) is 3. The Balaban J connectivity index is 1.36. The maximum atomic E-state index is 12.3. The number of fused-ring (bicyclic) bond motifs is 1. The first-order valence-electron chi connectivity index (χ1n) is 9.57. The number of urea groups is 1. The molecule has 6 nitrogen and oxygen atoms in total. The van der Waals surface area contributed by atoms with Crippen molar-refractivity contribution >= 4 is 6.03 Å². The largest absolute Gasteiger partial charge is 0.336 e. The van der Waals surface area contributed by atoms with Gasteiger partial charge in [-0.05, 0) is 37.7 Å². The molecule has 0 radical (unpaired) electrons. The first kappa shape index (κ1) is 15.9. The number of aromatic nitrogens is 2. The molecule has 0 spiro atoms. The Labute approximate surface area is 144 Å². The van der Waals surface area contributed by atoms with Crippen molar-refractivity contribution in [3.63, 3.8) is 0 Å². The van der Waals surface area contributed by atoms with Crippen molar-refractivity contribution in [1.82, 2.24) is 24.9 Å². The van der Waals surface area contributed by atoms with E-state index in [0.29, 0.717) is 6.54 Å². The third kappa shape index (κ3) is 3.43. The second kappa shape index (κ2) is 7.13. The third-order valence-corrected chi connectivity index (χ3v) is 5.83. The monoisotopic (exact) mass is 331 g/mol. The van der Waals surface area contributed by atoms with Gasteiger partial charge in [-0.25, -0.2) is 4.79 Å². The van der Waals surface area contributed by atoms with E-state index in [1.54, 1.807) is 0 Å². The summed E-state index contributed by atoms with van der Waals surface area (Å²) in [4.78, 5) is 16.8. The molecule has 3 heterocycles. The molecule has 1 saturated heterocycles. The number of rotatable bonds is 4. The molecule has 4 rings (SSSR count). The summed E-state index contributed by atoms with van der Waals surface area (Å²) in [5, 5.41) is 7.64. The van der Waals surface area contributed by atoms with Crippen molar-refractivity contribution in [1.29, 1.82) is 0 Å². The average Bonchev–Trinajstić information content (AvgIpc) is 3.32. The molecule has 1 aromatic heterocycles. The van der Waals surface area contributed by atoms with Gasteiger partial charge in [0.25, 0.3) is 0 Å². The second-order valence-corrected chi connectivity index (χ2v) is 7.65. The van der Waals surface area contributed by atoms with Gasteiger partial charge in [0.15, 0.2) is 0 Å². The quantitative estimate of drug-likeness (QED) is 0.920. The van der Waals surface area contributed by atoms with Crippen LogP contribution < -0.4 is 5.32 Å². The van der Waals surface area contributed by atoms with Crippen molar-refractivity contribution in [3.8, 4) is 0 Å². The van der Waals surface area contributed by atoms with Crippen LogP contribution in [0.2, 0.25) is 0 Å². The van der Waals surface area contributed by atoms with Crippen LogP contribution in [0.1, 0.15) is 50.3 Å². The minimum Gasteiger partial charge on any atom is -0.336 e. The maximum Gasteiger partial charge on any atom is 0.317 e. The van der Waals surface area contributed by atoms with Gasteiger partial charge in [-0.2, -0.15) is 5.10 Å². The van der Waals surface area contributed by atoms with Gasteiger partial charge in [0.05, 0.1) is 11.7 Å². The van der Waals surface area contributed by atoms with Gasteiger partial charge >= 0.3 is 6.03 Å². The van der Waals surface area contributed by atoms with Crippen LogP contribution in [0, 0.1) is 5.92 Å². The van der Waals surface area contributed by atoms with E-state index in [1.165, 1.54) is 37.9 Å². The van der Waals surface area contributed by atoms with E-state index >= 15 is 0 Å². The number of hydrogen-bond donors (Lipinski definition) is 1. The Kier molecular flexibility index (Phi) is 4.74. The number of nitrogens with zero attached hydrogens (tertiary/aromatic N) is 4. The lowest BCUT2D eigenvalue weighted by molar-refractivity contribution is 0.148. The summed E-state index contributed by atoms with van der Waals surface area (Å²) in [7, 11) is 0. The first-order chi connectivity index (χ1) is 11.8. The van der Waals surface area contributed by atoms with E-state index in [9.17, 15) is 4.79 Å². The van der Waals surface area contributed by atoms with E-state index in [2.05, 4.69) is 26.1 Å². The Hall–Kier alpha value is -1.56. The summed E-state index contributed by atoms with van der Waals surface area (Å²) < 4.78 is 2.12. The molecule has 1 saturated carbocycles. The van der Waals surface area contributed by atoms with Crippen LogP contribution in [0.5, 0.6) is 0 Å². The molecule has 1 aromatic rings. The summed E-state index contributed by atoms with van der Waals surface area (Å²) in [6.07, 6.45) is 9.71. The van der Waals surface area contributed by atoms with Crippen LogP contribution >= 0.6 is 0 Å². The summed E-state index contributed by atoms with van der Waals surface area (Å²) in [5.41, 5.74) is 1.28. The Morgan fingerprint density at radius 2 is 2.00 bits per heavy atom. The van der Waals surface area contributed by atoms with E-state index in [1.807, 2.05) is 11.1 Å². The molecule has 2 amide bonds. The topological polar surface area (TPSA) is 53.4 Å². The highest BCUT2D eigenvalue weighted by atomic mass is 16.2. The predicted octanol–water partition coefficient (Wildman–Crippen LogP) is 2.24. The zero-order valence-corrected chi connectivity index (χ0v) is 14.5. The van der Waals surface area contributed by atoms with Gasteiger partial charge in [-0.15, -0.1) is 0 Å². The van der Waals surface area contributed by atoms with Crippen molar-refractivity contribution in [2.24, 2.45) is 5.92 Å². The molecule has 0 aromatic carbocycles. The van der Waals surface area contributed by atoms with Crippen molar-refractivity contribution in [2.45, 2.75) is 51.1 Å². The fourth-order valence-electron chi connectivity index (χ4n) is 4.55. The Morgan fingerprint density at radius 1 is 1.21 bits per heavy atom. The summed E-state index contributed by atoms with van der Waals surface area (Å²) in [5.74, 6) is 0.860. The lowest BCUT2D eigenvalue weighted by atomic mass is 10.1. The van der Waals surface area contributed by atoms with Gasteiger partial charge in [0.1, 0.15) is 0 Å². The standard InChI is InChI=1S/C18H29N5O/c24-18(22-9-3-4-10-22)19-11-17-14-21(12-15-5-1-2-6-15)13-16-7-8-20-23(16)17/h7-8,15,17H,1-6,9-14H2,(H,19,24)/t17-/m1/s1. The number of likely N-dealkylation sites (tertiary alicyclic amines) is 1. The highest BCUT2D eigenvalue weighted by molar-refractivity contribution is 5.74. The zero-order chi connectivity index (χ0) is 16.4. The van der Waals surface area contributed by atoms with Crippen LogP contribution in [0.15, 0.2) is 12.3 Å². The lowest BCUT2D eigenvalue weighted by Crippen LogP contribution is -2.46. The van der Waals surface area contributed by atoms with Crippen LogP contribution in [0.4, 0.5) is 4.79 Å². The lowest BCUT2D eigenvalue weighted by Gasteiger charge is -2.35. The Morgan fingerprint density at radius 3 is 2.79 bits per heavy atom. The average molecular weight is 331 g/mol. The maximum absolute atomic E-state index is 12.3. The van der Waals surface area contributed by atoms with E-state index < -0.39 is 0 Å². The van der Waals surface area contributed by atoms with Crippen molar-refractivity contribution in [3.05, 3.63) is 18.0 Å². The predicted molar refractivity (Wildman–Crippen MR) is 92.7 cm³/mol. The molecule has 0 unspecified atom stereocenters. The molecule has 6 heteroatoms. The van der Waals surface area contributed by atoms with Gasteiger partial charge in [-0.3, -0.25) is 9.58 Å². The van der Waals surface area contributed by atoms with Crippen LogP contribution in [0.25, 0.3) is 0 Å². The molecular formula is C18H29N5O. The molecule has 1 aliphatic carbocycles. The third-order valence-electron chi connectivity index (χ3n) is 5.83. The van der Waals surface area contributed by atoms with Crippen molar-refractivity contribution in [2.75, 3.05) is 32.7 Å². The van der Waals surface area contributed by atoms with Gasteiger partial charge in [0.2, 0.25) is 0 Å². The van der Waals surface area contributed by atoms with Crippen LogP contribution in [0.3, 0.4) is 0 Å². The minimum atomic E-state index is 0.0918. The highest BCUT2D eigenvalue weighted by Gasteiger charge is 2.29. The number of carbonyl (C=O) groups is 1. The smallest absolute Gasteiger partial charge is 0.317 e. The molecule has 1 N–H and O–H groups in total. The Bertz CT molecular complexity index is 560. The van der Waals surface area contributed by atoms with E-state index in [4.69, 9.17) is 0 Å². The number of nitrogens with one attached hydrogen (secondary N) is 1. The van der Waals surface area contributed by atoms with Gasteiger partial charge in [-0.1, -0.05) is 12.8 Å². The highest BCUT2D eigenvalue weighted by Crippen LogP contribution is 2.28. The van der Waals surface area contributed by atoms with E-state index in [-0.39, 0.29) is 12.1 Å². The van der Waals surface area contributed by atoms with E-state index in [0.717, 1.165) is 44.9 Å². The second-order valence-electron chi connectivity index (χ2n) is 7.65. The number of carbonyl (C=O) groups excluding carboxylic acids is 1. The first-order valence-corrected chi connectivity index (χ1v) is 9.57. The number of amides is 2. The fraction of sp³-hybridized carbons (Fsp3) is 0.778. The van der Waals surface area contributed by atoms with Crippen LogP contribution in [-0.4, -0.2) is 58.3 Å². The van der Waals surface area contributed by atoms with Gasteiger partial charge in [0, 0.05) is 45.5 Å². The molecule has 0 bridgehead atoms. The summed E-state index contributed by atoms with van der Waals surface area (Å²) >= 11 is 0. The molecule has 2 aliphatic heterocycles. The zero-order valence-electron chi connectivity index (χ0n) is 14.5. The molecule has 132 valence electrons. The molecule has 24 heavy (non-hydrogen) atoms. The molecule has 3 aliphatic rings. The summed E-state index contributed by atoms with van der Waals surface area (Å²) in [6, 6.07) is 2.46. The minimum absolute atomic E-state index is 0.0918. The molecule has 1 atom stereocenters. The summed E-state index contributed by atoms with van der Waals surface area (Å²) in [6.45, 7) is 5.65. The molecular weight excluding hydrogens is 302 g/mol. The molecule has 2 fully saturated rings. The van der Waals surface area contributed by atoms with Gasteiger partial charge < -0.3 is 10.2 Å². The van der Waals surface area contributed by atoms with Crippen LogP contribution in [-0.2, 0) is 6.54 Å².